The monoisotopic (exact) mass is 273 g/mol. The molecular formula is C16H23N3O. The first kappa shape index (κ1) is 14.6. The standard InChI is InChI=1S/C16H23N3O/c1-11(2)14(17)10-19-16(20)8-7-12-9-18-15-6-4-3-5-13(12)15/h3-6,9,11,14,18H,7-8,10,17H2,1-2H3,(H,19,20). The first-order valence-electron chi connectivity index (χ1n) is 7.15. The normalized spacial score (nSPS) is 12.8. The van der Waals surface area contributed by atoms with E-state index in [1.807, 2.05) is 24.4 Å². The summed E-state index contributed by atoms with van der Waals surface area (Å²) in [5.74, 6) is 0.440. The second-order valence-electron chi connectivity index (χ2n) is 5.57. The van der Waals surface area contributed by atoms with Gasteiger partial charge < -0.3 is 16.0 Å². The van der Waals surface area contributed by atoms with Crippen LogP contribution in [0.1, 0.15) is 25.8 Å². The highest BCUT2D eigenvalue weighted by atomic mass is 16.1. The van der Waals surface area contributed by atoms with Crippen molar-refractivity contribution in [3.05, 3.63) is 36.0 Å². The van der Waals surface area contributed by atoms with E-state index in [1.54, 1.807) is 0 Å². The van der Waals surface area contributed by atoms with Crippen LogP contribution in [-0.4, -0.2) is 23.5 Å². The third-order valence-electron chi connectivity index (χ3n) is 3.69. The summed E-state index contributed by atoms with van der Waals surface area (Å²) in [6.07, 6.45) is 3.22. The van der Waals surface area contributed by atoms with Crippen LogP contribution in [0.2, 0.25) is 0 Å². The van der Waals surface area contributed by atoms with E-state index in [0.717, 1.165) is 11.9 Å². The molecule has 1 unspecified atom stereocenters. The lowest BCUT2D eigenvalue weighted by Gasteiger charge is -2.16. The third-order valence-corrected chi connectivity index (χ3v) is 3.69. The molecule has 20 heavy (non-hydrogen) atoms. The predicted molar refractivity (Wildman–Crippen MR) is 82.4 cm³/mol. The average molecular weight is 273 g/mol. The summed E-state index contributed by atoms with van der Waals surface area (Å²) >= 11 is 0. The van der Waals surface area contributed by atoms with Crippen LogP contribution in [0, 0.1) is 5.92 Å². The highest BCUT2D eigenvalue weighted by Gasteiger charge is 2.10. The smallest absolute Gasteiger partial charge is 0.220 e. The Hall–Kier alpha value is -1.81. The minimum absolute atomic E-state index is 0.0204. The molecule has 0 aliphatic heterocycles. The fourth-order valence-electron chi connectivity index (χ4n) is 2.14. The lowest BCUT2D eigenvalue weighted by atomic mass is 10.1. The molecule has 0 aliphatic rings. The molecule has 2 aromatic rings. The van der Waals surface area contributed by atoms with E-state index in [4.69, 9.17) is 5.73 Å². The van der Waals surface area contributed by atoms with Crippen LogP contribution < -0.4 is 11.1 Å². The van der Waals surface area contributed by atoms with Crippen molar-refractivity contribution in [3.63, 3.8) is 0 Å². The zero-order valence-corrected chi connectivity index (χ0v) is 12.1. The van der Waals surface area contributed by atoms with Crippen molar-refractivity contribution < 1.29 is 4.79 Å². The molecule has 1 heterocycles. The number of nitrogens with two attached hydrogens (primary N) is 1. The van der Waals surface area contributed by atoms with Crippen molar-refractivity contribution in [1.82, 2.24) is 10.3 Å². The Morgan fingerprint density at radius 1 is 1.35 bits per heavy atom. The van der Waals surface area contributed by atoms with Gasteiger partial charge in [0.15, 0.2) is 0 Å². The predicted octanol–water partition coefficient (Wildman–Crippen LogP) is 2.20. The first-order valence-corrected chi connectivity index (χ1v) is 7.15. The Balaban J connectivity index is 1.84. The fourth-order valence-corrected chi connectivity index (χ4v) is 2.14. The lowest BCUT2D eigenvalue weighted by Crippen LogP contribution is -2.40. The van der Waals surface area contributed by atoms with Gasteiger partial charge in [0, 0.05) is 36.1 Å². The summed E-state index contributed by atoms with van der Waals surface area (Å²) in [5.41, 5.74) is 8.21. The Kier molecular flexibility index (Phi) is 4.79. The second kappa shape index (κ2) is 6.57. The maximum absolute atomic E-state index is 11.8. The van der Waals surface area contributed by atoms with Crippen molar-refractivity contribution >= 4 is 16.8 Å². The number of carbonyl (C=O) groups is 1. The number of H-pyrrole nitrogens is 1. The number of nitrogens with one attached hydrogen (secondary N) is 2. The molecule has 4 nitrogen and oxygen atoms in total. The third kappa shape index (κ3) is 3.61. The number of para-hydroxylation sites is 1. The number of rotatable bonds is 6. The molecule has 2 rings (SSSR count). The zero-order chi connectivity index (χ0) is 14.5. The molecular weight excluding hydrogens is 250 g/mol. The van der Waals surface area contributed by atoms with Crippen LogP contribution in [0.15, 0.2) is 30.5 Å². The van der Waals surface area contributed by atoms with Crippen LogP contribution in [-0.2, 0) is 11.2 Å². The second-order valence-corrected chi connectivity index (χ2v) is 5.57. The van der Waals surface area contributed by atoms with E-state index in [9.17, 15) is 4.79 Å². The van der Waals surface area contributed by atoms with E-state index in [1.165, 1.54) is 10.9 Å². The average Bonchev–Trinajstić information content (AvgIpc) is 2.85. The molecule has 0 saturated heterocycles. The number of benzene rings is 1. The maximum Gasteiger partial charge on any atom is 0.220 e. The number of hydrogen-bond acceptors (Lipinski definition) is 2. The van der Waals surface area contributed by atoms with Gasteiger partial charge in [0.25, 0.3) is 0 Å². The molecule has 1 amide bonds. The molecule has 0 radical (unpaired) electrons. The van der Waals surface area contributed by atoms with E-state index in [0.29, 0.717) is 18.9 Å². The molecule has 0 saturated carbocycles. The summed E-state index contributed by atoms with van der Waals surface area (Å²) < 4.78 is 0. The molecule has 1 atom stereocenters. The summed E-state index contributed by atoms with van der Waals surface area (Å²) in [4.78, 5) is 15.0. The molecule has 1 aromatic heterocycles. The molecule has 4 heteroatoms. The van der Waals surface area contributed by atoms with Crippen molar-refractivity contribution in [3.8, 4) is 0 Å². The van der Waals surface area contributed by atoms with Gasteiger partial charge in [-0.3, -0.25) is 4.79 Å². The maximum atomic E-state index is 11.8. The van der Waals surface area contributed by atoms with Crippen LogP contribution in [0.5, 0.6) is 0 Å². The molecule has 0 bridgehead atoms. The highest BCUT2D eigenvalue weighted by Crippen LogP contribution is 2.18. The van der Waals surface area contributed by atoms with Gasteiger partial charge >= 0.3 is 0 Å². The number of fused-ring (bicyclic) bond motifs is 1. The minimum Gasteiger partial charge on any atom is -0.361 e. The number of hydrogen-bond donors (Lipinski definition) is 3. The van der Waals surface area contributed by atoms with E-state index >= 15 is 0 Å². The summed E-state index contributed by atoms with van der Waals surface area (Å²) in [6.45, 7) is 4.66. The zero-order valence-electron chi connectivity index (χ0n) is 12.1. The molecule has 0 aliphatic carbocycles. The van der Waals surface area contributed by atoms with Crippen molar-refractivity contribution in [2.24, 2.45) is 11.7 Å². The van der Waals surface area contributed by atoms with Gasteiger partial charge in [-0.15, -0.1) is 0 Å². The molecule has 1 aromatic carbocycles. The Labute approximate surface area is 119 Å². The van der Waals surface area contributed by atoms with Gasteiger partial charge in [-0.1, -0.05) is 32.0 Å². The Morgan fingerprint density at radius 2 is 2.10 bits per heavy atom. The van der Waals surface area contributed by atoms with Crippen LogP contribution in [0.3, 0.4) is 0 Å². The van der Waals surface area contributed by atoms with Crippen molar-refractivity contribution in [2.75, 3.05) is 6.54 Å². The van der Waals surface area contributed by atoms with Gasteiger partial charge in [-0.05, 0) is 24.0 Å². The summed E-state index contributed by atoms with van der Waals surface area (Å²) in [7, 11) is 0. The molecule has 0 spiro atoms. The van der Waals surface area contributed by atoms with Gasteiger partial charge in [0.05, 0.1) is 0 Å². The van der Waals surface area contributed by atoms with Gasteiger partial charge in [0.2, 0.25) is 5.91 Å². The van der Waals surface area contributed by atoms with Gasteiger partial charge in [0.1, 0.15) is 0 Å². The van der Waals surface area contributed by atoms with Crippen LogP contribution >= 0.6 is 0 Å². The van der Waals surface area contributed by atoms with Gasteiger partial charge in [-0.25, -0.2) is 0 Å². The molecule has 4 N–H and O–H groups in total. The van der Waals surface area contributed by atoms with Gasteiger partial charge in [-0.2, -0.15) is 0 Å². The van der Waals surface area contributed by atoms with E-state index in [2.05, 4.69) is 30.2 Å². The van der Waals surface area contributed by atoms with Crippen LogP contribution in [0.25, 0.3) is 10.9 Å². The minimum atomic E-state index is 0.0204. The Morgan fingerprint density at radius 3 is 2.85 bits per heavy atom. The number of aromatic nitrogens is 1. The first-order chi connectivity index (χ1) is 9.58. The number of aromatic amines is 1. The lowest BCUT2D eigenvalue weighted by molar-refractivity contribution is -0.121. The van der Waals surface area contributed by atoms with E-state index < -0.39 is 0 Å². The Bertz CT molecular complexity index is 574. The number of carbonyl (C=O) groups excluding carboxylic acids is 1. The van der Waals surface area contributed by atoms with Crippen LogP contribution in [0.4, 0.5) is 0 Å². The molecule has 0 fully saturated rings. The highest BCUT2D eigenvalue weighted by molar-refractivity contribution is 5.84. The number of aryl methyl sites for hydroxylation is 1. The quantitative estimate of drug-likeness (QED) is 0.755. The molecule has 108 valence electrons. The van der Waals surface area contributed by atoms with Crippen molar-refractivity contribution in [1.29, 1.82) is 0 Å². The summed E-state index contributed by atoms with van der Waals surface area (Å²) in [6, 6.07) is 8.16. The summed E-state index contributed by atoms with van der Waals surface area (Å²) in [5, 5.41) is 4.09. The van der Waals surface area contributed by atoms with E-state index in [-0.39, 0.29) is 11.9 Å². The largest absolute Gasteiger partial charge is 0.361 e. The SMILES string of the molecule is CC(C)C(N)CNC(=O)CCc1c[nH]c2ccccc12. The number of amides is 1. The topological polar surface area (TPSA) is 70.9 Å². The fraction of sp³-hybridized carbons (Fsp3) is 0.438. The van der Waals surface area contributed by atoms with Crippen molar-refractivity contribution in [2.45, 2.75) is 32.7 Å².